The van der Waals surface area contributed by atoms with Gasteiger partial charge in [-0.1, -0.05) is 12.6 Å². The van der Waals surface area contributed by atoms with Gasteiger partial charge in [-0.15, -0.1) is 0 Å². The van der Waals surface area contributed by atoms with Gasteiger partial charge >= 0.3 is 5.97 Å². The fraction of sp³-hybridized carbons (Fsp3) is 0.483. The molecule has 5 rings (SSSR count). The van der Waals surface area contributed by atoms with Crippen molar-refractivity contribution in [3.05, 3.63) is 65.9 Å². The molecule has 0 radical (unpaired) electrons. The molecule has 0 amide bonds. The van der Waals surface area contributed by atoms with Crippen LogP contribution in [0.3, 0.4) is 0 Å². The average Bonchev–Trinajstić information content (AvgIpc) is 3.21. The van der Waals surface area contributed by atoms with Crippen LogP contribution in [0.2, 0.25) is 0 Å². The van der Waals surface area contributed by atoms with Crippen molar-refractivity contribution in [2.24, 2.45) is 0 Å². The second kappa shape index (κ2) is 10.8. The lowest BCUT2D eigenvalue weighted by molar-refractivity contribution is -0.0592. The molecule has 0 bridgehead atoms. The Morgan fingerprint density at radius 3 is 2.61 bits per heavy atom. The average molecular weight is 523 g/mol. The number of esters is 1. The molecule has 0 aliphatic carbocycles. The van der Waals surface area contributed by atoms with Crippen LogP contribution in [0.1, 0.15) is 60.9 Å². The Labute approximate surface area is 222 Å². The van der Waals surface area contributed by atoms with Crippen LogP contribution in [-0.4, -0.2) is 63.9 Å². The molecule has 4 heterocycles. The molecule has 1 atom stereocenters. The highest BCUT2D eigenvalue weighted by Gasteiger charge is 2.28. The first-order chi connectivity index (χ1) is 18.2. The number of halogens is 1. The fourth-order valence-electron chi connectivity index (χ4n) is 4.99. The van der Waals surface area contributed by atoms with Gasteiger partial charge in [0.2, 0.25) is 5.88 Å². The molecule has 2 aliphatic heterocycles. The monoisotopic (exact) mass is 522 g/mol. The van der Waals surface area contributed by atoms with Crippen molar-refractivity contribution in [3.8, 4) is 5.88 Å². The number of pyridine rings is 1. The molecule has 0 saturated carbocycles. The zero-order valence-electron chi connectivity index (χ0n) is 22.3. The number of rotatable bonds is 9. The van der Waals surface area contributed by atoms with Crippen molar-refractivity contribution in [1.82, 2.24) is 19.4 Å². The zero-order valence-corrected chi connectivity index (χ0v) is 22.3. The van der Waals surface area contributed by atoms with Crippen molar-refractivity contribution in [2.75, 3.05) is 26.8 Å². The maximum absolute atomic E-state index is 13.7. The lowest BCUT2D eigenvalue weighted by atomic mass is 9.93. The summed E-state index contributed by atoms with van der Waals surface area (Å²) in [4.78, 5) is 24.1. The quantitative estimate of drug-likeness (QED) is 0.365. The minimum Gasteiger partial charge on any atom is -0.465 e. The summed E-state index contributed by atoms with van der Waals surface area (Å²) in [7, 11) is 1.39. The van der Waals surface area contributed by atoms with Crippen LogP contribution in [0.25, 0.3) is 11.0 Å². The SMILES string of the molecule is C=C(F)C(C)(C)Oc1cccc(C2CCN(Cc3nc4ccc(C(=O)OC)cc4n3C[C@@H]3CCO3)CC2)n1. The third-order valence-electron chi connectivity index (χ3n) is 7.56. The van der Waals surface area contributed by atoms with E-state index in [1.807, 2.05) is 24.3 Å². The number of piperidine rings is 1. The molecule has 202 valence electrons. The van der Waals surface area contributed by atoms with Crippen LogP contribution in [-0.2, 0) is 22.6 Å². The predicted molar refractivity (Wildman–Crippen MR) is 142 cm³/mol. The van der Waals surface area contributed by atoms with Crippen LogP contribution in [0.15, 0.2) is 48.8 Å². The van der Waals surface area contributed by atoms with E-state index in [2.05, 4.69) is 21.0 Å². The number of benzene rings is 1. The van der Waals surface area contributed by atoms with Gasteiger partial charge in [-0.3, -0.25) is 4.90 Å². The number of methoxy groups -OCH3 is 1. The van der Waals surface area contributed by atoms with Gasteiger partial charge in [0, 0.05) is 24.3 Å². The second-order valence-corrected chi connectivity index (χ2v) is 10.6. The van der Waals surface area contributed by atoms with E-state index in [4.69, 9.17) is 19.2 Å². The first kappa shape index (κ1) is 26.3. The van der Waals surface area contributed by atoms with Gasteiger partial charge in [-0.2, -0.15) is 0 Å². The molecule has 8 nitrogen and oxygen atoms in total. The lowest BCUT2D eigenvalue weighted by Gasteiger charge is -2.32. The maximum Gasteiger partial charge on any atom is 0.337 e. The predicted octanol–water partition coefficient (Wildman–Crippen LogP) is 5.03. The number of imidazole rings is 1. The Hall–Kier alpha value is -3.30. The summed E-state index contributed by atoms with van der Waals surface area (Å²) < 4.78 is 32.3. The highest BCUT2D eigenvalue weighted by atomic mass is 19.1. The molecule has 38 heavy (non-hydrogen) atoms. The molecule has 2 fully saturated rings. The minimum atomic E-state index is -1.12. The summed E-state index contributed by atoms with van der Waals surface area (Å²) in [6.45, 7) is 10.7. The number of carbonyl (C=O) groups is 1. The topological polar surface area (TPSA) is 78.7 Å². The van der Waals surface area contributed by atoms with Crippen molar-refractivity contribution < 1.29 is 23.4 Å². The zero-order chi connectivity index (χ0) is 26.9. The van der Waals surface area contributed by atoms with Gasteiger partial charge in [-0.05, 0) is 70.5 Å². The molecular weight excluding hydrogens is 487 g/mol. The van der Waals surface area contributed by atoms with Gasteiger partial charge in [-0.25, -0.2) is 19.2 Å². The fourth-order valence-corrected chi connectivity index (χ4v) is 4.99. The highest BCUT2D eigenvalue weighted by molar-refractivity contribution is 5.93. The van der Waals surface area contributed by atoms with E-state index in [9.17, 15) is 9.18 Å². The van der Waals surface area contributed by atoms with E-state index in [1.165, 1.54) is 7.11 Å². The summed E-state index contributed by atoms with van der Waals surface area (Å²) in [6, 6.07) is 11.2. The Morgan fingerprint density at radius 2 is 1.95 bits per heavy atom. The highest BCUT2D eigenvalue weighted by Crippen LogP contribution is 2.31. The van der Waals surface area contributed by atoms with Crippen molar-refractivity contribution in [2.45, 2.75) is 63.8 Å². The maximum atomic E-state index is 13.7. The molecule has 2 aromatic heterocycles. The molecular formula is C29H35FN4O4. The van der Waals surface area contributed by atoms with Gasteiger partial charge in [0.1, 0.15) is 11.7 Å². The van der Waals surface area contributed by atoms with Crippen molar-refractivity contribution in [1.29, 1.82) is 0 Å². The molecule has 0 spiro atoms. The van der Waals surface area contributed by atoms with Crippen LogP contribution in [0.5, 0.6) is 5.88 Å². The van der Waals surface area contributed by atoms with Crippen LogP contribution in [0.4, 0.5) is 4.39 Å². The van der Waals surface area contributed by atoms with Gasteiger partial charge in [0.15, 0.2) is 5.60 Å². The van der Waals surface area contributed by atoms with Crippen molar-refractivity contribution >= 4 is 17.0 Å². The molecule has 1 aromatic carbocycles. The van der Waals surface area contributed by atoms with E-state index >= 15 is 0 Å². The van der Waals surface area contributed by atoms with Gasteiger partial charge < -0.3 is 18.8 Å². The van der Waals surface area contributed by atoms with Crippen LogP contribution < -0.4 is 4.74 Å². The van der Waals surface area contributed by atoms with Gasteiger partial charge in [0.05, 0.1) is 42.9 Å². The number of hydrogen-bond acceptors (Lipinski definition) is 7. The summed E-state index contributed by atoms with van der Waals surface area (Å²) >= 11 is 0. The first-order valence-corrected chi connectivity index (χ1v) is 13.2. The number of fused-ring (bicyclic) bond motifs is 1. The Kier molecular flexibility index (Phi) is 7.49. The second-order valence-electron chi connectivity index (χ2n) is 10.6. The molecule has 2 aliphatic rings. The number of carbonyl (C=O) groups excluding carboxylic acids is 1. The molecule has 0 unspecified atom stereocenters. The Morgan fingerprint density at radius 1 is 1.18 bits per heavy atom. The third kappa shape index (κ3) is 5.59. The summed E-state index contributed by atoms with van der Waals surface area (Å²) in [6.07, 6.45) is 3.09. The Balaban J connectivity index is 1.28. The van der Waals surface area contributed by atoms with Gasteiger partial charge in [0.25, 0.3) is 0 Å². The van der Waals surface area contributed by atoms with Crippen LogP contribution >= 0.6 is 0 Å². The minimum absolute atomic E-state index is 0.166. The van der Waals surface area contributed by atoms with E-state index in [0.29, 0.717) is 30.5 Å². The number of aromatic nitrogens is 3. The van der Waals surface area contributed by atoms with E-state index in [1.54, 1.807) is 26.0 Å². The summed E-state index contributed by atoms with van der Waals surface area (Å²) in [5, 5.41) is 0. The molecule has 3 aromatic rings. The lowest BCUT2D eigenvalue weighted by Crippen LogP contribution is -2.35. The van der Waals surface area contributed by atoms with E-state index < -0.39 is 11.4 Å². The van der Waals surface area contributed by atoms with Crippen molar-refractivity contribution in [3.63, 3.8) is 0 Å². The molecule has 2 saturated heterocycles. The van der Waals surface area contributed by atoms with Crippen LogP contribution in [0, 0.1) is 0 Å². The summed E-state index contributed by atoms with van der Waals surface area (Å²) in [5.41, 5.74) is 2.14. The largest absolute Gasteiger partial charge is 0.465 e. The third-order valence-corrected chi connectivity index (χ3v) is 7.56. The number of ether oxygens (including phenoxy) is 3. The number of hydrogen-bond donors (Lipinski definition) is 0. The number of nitrogens with zero attached hydrogens (tertiary/aromatic N) is 4. The molecule has 0 N–H and O–H groups in total. The molecule has 9 heteroatoms. The smallest absolute Gasteiger partial charge is 0.337 e. The normalized spacial score (nSPS) is 18.8. The van der Waals surface area contributed by atoms with E-state index in [-0.39, 0.29) is 12.1 Å². The first-order valence-electron chi connectivity index (χ1n) is 13.2. The summed E-state index contributed by atoms with van der Waals surface area (Å²) in [5.74, 6) is 0.792. The Bertz CT molecular complexity index is 1330. The van der Waals surface area contributed by atoms with E-state index in [0.717, 1.165) is 61.5 Å². The standard InChI is InChI=1S/C29H35FN4O4/c1-19(30)29(2,3)38-27-7-5-6-23(32-27)20-10-13-33(14-11-20)18-26-31-24-9-8-21(28(35)36-4)16-25(24)34(26)17-22-12-15-37-22/h5-9,16,20,22H,1,10-15,17-18H2,2-4H3/t22-/m0/s1. The number of likely N-dealkylation sites (tertiary alicyclic amines) is 1.